The third kappa shape index (κ3) is 6.81. The molecular weight excluding hydrogens is 545 g/mol. The first kappa shape index (κ1) is 28.7. The van der Waals surface area contributed by atoms with Gasteiger partial charge in [0.05, 0.1) is 23.4 Å². The molecular formula is C26H27F3N8O2S. The molecule has 3 N–H and O–H groups in total. The van der Waals surface area contributed by atoms with Crippen LogP contribution >= 0.6 is 12.2 Å². The summed E-state index contributed by atoms with van der Waals surface area (Å²) in [6.07, 6.45) is 0.289. The van der Waals surface area contributed by atoms with Crippen molar-refractivity contribution in [2.75, 3.05) is 29.9 Å². The molecule has 10 nitrogen and oxygen atoms in total. The highest BCUT2D eigenvalue weighted by Gasteiger charge is 2.38. The van der Waals surface area contributed by atoms with Crippen LogP contribution in [-0.2, 0) is 4.79 Å². The number of carboxylic acids is 1. The topological polar surface area (TPSA) is 123 Å². The van der Waals surface area contributed by atoms with E-state index in [1.54, 1.807) is 6.20 Å². The van der Waals surface area contributed by atoms with E-state index in [2.05, 4.69) is 60.4 Å². The number of carboxylic acid groups (broad SMARTS) is 1. The molecule has 0 bridgehead atoms. The van der Waals surface area contributed by atoms with Crippen LogP contribution in [0.2, 0.25) is 0 Å². The smallest absolute Gasteiger partial charge is 0.475 e. The fourth-order valence-corrected chi connectivity index (χ4v) is 4.62. The van der Waals surface area contributed by atoms with E-state index >= 15 is 0 Å². The van der Waals surface area contributed by atoms with E-state index in [1.165, 1.54) is 0 Å². The van der Waals surface area contributed by atoms with Gasteiger partial charge in [0, 0.05) is 48.7 Å². The number of benzene rings is 1. The van der Waals surface area contributed by atoms with Gasteiger partial charge in [-0.1, -0.05) is 19.9 Å². The summed E-state index contributed by atoms with van der Waals surface area (Å²) in [5.41, 5.74) is 3.67. The molecule has 4 heterocycles. The zero-order valence-electron chi connectivity index (χ0n) is 21.6. The minimum absolute atomic E-state index is 0.252. The molecule has 1 atom stereocenters. The number of piperazine rings is 1. The number of hydrogen-bond acceptors (Lipinski definition) is 7. The number of nitrogens with zero attached hydrogens (tertiary/aromatic N) is 6. The van der Waals surface area contributed by atoms with E-state index in [0.717, 1.165) is 58.4 Å². The number of alkyl halides is 3. The van der Waals surface area contributed by atoms with Gasteiger partial charge in [-0.25, -0.2) is 4.79 Å². The molecule has 1 aliphatic rings. The molecule has 3 aromatic heterocycles. The molecule has 0 amide bonds. The normalized spacial score (nSPS) is 15.5. The van der Waals surface area contributed by atoms with Crippen LogP contribution < -0.4 is 10.2 Å². The Morgan fingerprint density at radius 1 is 1.15 bits per heavy atom. The number of thiocarbonyl (C=S) groups is 1. The first-order chi connectivity index (χ1) is 19.0. The molecule has 4 aromatic rings. The van der Waals surface area contributed by atoms with Crippen LogP contribution in [0.1, 0.15) is 13.8 Å². The number of carbonyl (C=O) groups is 1. The average Bonchev–Trinajstić information content (AvgIpc) is 3.48. The molecule has 0 aliphatic carbocycles. The van der Waals surface area contributed by atoms with Crippen molar-refractivity contribution in [3.63, 3.8) is 0 Å². The SMILES string of the molecule is CC(C)C1CN(c2ccc(-c3cn[nH]c3)nn2)CCN1C(=S)Nc1cccc2ncccc12.O=C(O)C(F)(F)F. The summed E-state index contributed by atoms with van der Waals surface area (Å²) in [7, 11) is 0. The second kappa shape index (κ2) is 12.2. The summed E-state index contributed by atoms with van der Waals surface area (Å²) < 4.78 is 31.7. The molecule has 210 valence electrons. The van der Waals surface area contributed by atoms with Crippen molar-refractivity contribution in [2.24, 2.45) is 5.92 Å². The van der Waals surface area contributed by atoms with Crippen molar-refractivity contribution in [1.82, 2.24) is 30.3 Å². The number of halogens is 3. The van der Waals surface area contributed by atoms with E-state index in [4.69, 9.17) is 22.1 Å². The Hall–Kier alpha value is -4.33. The molecule has 1 aliphatic heterocycles. The van der Waals surface area contributed by atoms with Gasteiger partial charge in [-0.3, -0.25) is 10.1 Å². The number of pyridine rings is 1. The molecule has 1 unspecified atom stereocenters. The number of aromatic nitrogens is 5. The van der Waals surface area contributed by atoms with E-state index < -0.39 is 12.1 Å². The minimum atomic E-state index is -5.08. The second-order valence-corrected chi connectivity index (χ2v) is 9.71. The number of aliphatic carboxylic acids is 1. The molecule has 5 rings (SSSR count). The third-order valence-corrected chi connectivity index (χ3v) is 6.68. The maximum Gasteiger partial charge on any atom is 0.490 e. The van der Waals surface area contributed by atoms with E-state index in [9.17, 15) is 13.2 Å². The number of hydrogen-bond donors (Lipinski definition) is 3. The standard InChI is InChI=1S/C24H26N8S.C2HF3O2/c1-16(2)22-15-31(23-9-8-19(29-30-23)17-13-26-27-14-17)11-12-32(22)24(33)28-21-7-3-6-20-18(21)5-4-10-25-20;3-2(4,5)1(6)7/h3-10,13-14,16,22H,11-12,15H2,1-2H3,(H,26,27)(H,28,33);(H,6,7). The molecule has 1 aromatic carbocycles. The predicted molar refractivity (Wildman–Crippen MR) is 149 cm³/mol. The van der Waals surface area contributed by atoms with Crippen molar-refractivity contribution in [3.05, 3.63) is 61.1 Å². The first-order valence-corrected chi connectivity index (χ1v) is 12.7. The lowest BCUT2D eigenvalue weighted by molar-refractivity contribution is -0.192. The highest BCUT2D eigenvalue weighted by Crippen LogP contribution is 2.26. The number of aromatic amines is 1. The van der Waals surface area contributed by atoms with Gasteiger partial charge in [-0.2, -0.15) is 18.3 Å². The van der Waals surface area contributed by atoms with Crippen LogP contribution in [0, 0.1) is 5.92 Å². The molecule has 0 spiro atoms. The van der Waals surface area contributed by atoms with Crippen LogP contribution in [0.3, 0.4) is 0 Å². The van der Waals surface area contributed by atoms with Gasteiger partial charge in [-0.05, 0) is 54.5 Å². The van der Waals surface area contributed by atoms with Crippen molar-refractivity contribution in [1.29, 1.82) is 0 Å². The summed E-state index contributed by atoms with van der Waals surface area (Å²) in [6, 6.07) is 14.4. The number of fused-ring (bicyclic) bond motifs is 1. The van der Waals surface area contributed by atoms with Crippen LogP contribution in [0.4, 0.5) is 24.7 Å². The summed E-state index contributed by atoms with van der Waals surface area (Å²) in [6.45, 7) is 6.93. The summed E-state index contributed by atoms with van der Waals surface area (Å²) in [4.78, 5) is 17.9. The van der Waals surface area contributed by atoms with Gasteiger partial charge in [-0.15, -0.1) is 10.2 Å². The van der Waals surface area contributed by atoms with E-state index in [0.29, 0.717) is 5.92 Å². The number of H-pyrrole nitrogens is 1. The Morgan fingerprint density at radius 3 is 2.55 bits per heavy atom. The fraction of sp³-hybridized carbons (Fsp3) is 0.308. The monoisotopic (exact) mass is 572 g/mol. The van der Waals surface area contributed by atoms with Crippen molar-refractivity contribution in [2.45, 2.75) is 26.1 Å². The Morgan fingerprint density at radius 2 is 1.93 bits per heavy atom. The predicted octanol–water partition coefficient (Wildman–Crippen LogP) is 4.59. The highest BCUT2D eigenvalue weighted by molar-refractivity contribution is 7.80. The van der Waals surface area contributed by atoms with Gasteiger partial charge in [0.25, 0.3) is 0 Å². The van der Waals surface area contributed by atoms with Gasteiger partial charge in [0.2, 0.25) is 0 Å². The maximum atomic E-state index is 10.6. The van der Waals surface area contributed by atoms with E-state index in [1.807, 2.05) is 48.8 Å². The number of nitrogens with one attached hydrogen (secondary N) is 2. The molecule has 40 heavy (non-hydrogen) atoms. The van der Waals surface area contributed by atoms with Crippen LogP contribution in [0.25, 0.3) is 22.2 Å². The first-order valence-electron chi connectivity index (χ1n) is 12.3. The van der Waals surface area contributed by atoms with Gasteiger partial charge < -0.3 is 20.2 Å². The van der Waals surface area contributed by atoms with E-state index in [-0.39, 0.29) is 6.04 Å². The largest absolute Gasteiger partial charge is 0.490 e. The van der Waals surface area contributed by atoms with Crippen molar-refractivity contribution >= 4 is 45.7 Å². The van der Waals surface area contributed by atoms with Crippen LogP contribution in [-0.4, -0.2) is 78.3 Å². The van der Waals surface area contributed by atoms with Gasteiger partial charge >= 0.3 is 12.1 Å². The molecule has 0 radical (unpaired) electrons. The molecule has 0 saturated carbocycles. The lowest BCUT2D eigenvalue weighted by atomic mass is 10.00. The Bertz CT molecular complexity index is 1440. The number of rotatable bonds is 4. The zero-order chi connectivity index (χ0) is 28.9. The second-order valence-electron chi connectivity index (χ2n) is 9.32. The van der Waals surface area contributed by atoms with Gasteiger partial charge in [0.1, 0.15) is 0 Å². The van der Waals surface area contributed by atoms with Crippen molar-refractivity contribution in [3.8, 4) is 11.3 Å². The number of anilines is 2. The fourth-order valence-electron chi connectivity index (χ4n) is 4.28. The zero-order valence-corrected chi connectivity index (χ0v) is 22.4. The van der Waals surface area contributed by atoms with Crippen LogP contribution in [0.5, 0.6) is 0 Å². The average molecular weight is 573 g/mol. The van der Waals surface area contributed by atoms with Crippen LogP contribution in [0.15, 0.2) is 61.1 Å². The van der Waals surface area contributed by atoms with Gasteiger partial charge in [0.15, 0.2) is 10.9 Å². The maximum absolute atomic E-state index is 10.6. The molecule has 1 fully saturated rings. The lowest BCUT2D eigenvalue weighted by Crippen LogP contribution is -2.58. The molecule has 1 saturated heterocycles. The lowest BCUT2D eigenvalue weighted by Gasteiger charge is -2.45. The Balaban J connectivity index is 0.000000470. The minimum Gasteiger partial charge on any atom is -0.475 e. The Kier molecular flexibility index (Phi) is 8.77. The molecule has 14 heteroatoms. The Labute approximate surface area is 233 Å². The third-order valence-electron chi connectivity index (χ3n) is 6.35. The summed E-state index contributed by atoms with van der Waals surface area (Å²) in [5.74, 6) is -1.46. The summed E-state index contributed by atoms with van der Waals surface area (Å²) in [5, 5.41) is 28.1. The summed E-state index contributed by atoms with van der Waals surface area (Å²) >= 11 is 5.87. The highest BCUT2D eigenvalue weighted by atomic mass is 32.1. The van der Waals surface area contributed by atoms with Crippen molar-refractivity contribution < 1.29 is 23.1 Å². The quantitative estimate of drug-likeness (QED) is 0.299.